The summed E-state index contributed by atoms with van der Waals surface area (Å²) in [7, 11) is 0. The van der Waals surface area contributed by atoms with E-state index in [2.05, 4.69) is 22.5 Å². The fourth-order valence-electron chi connectivity index (χ4n) is 4.63. The van der Waals surface area contributed by atoms with Crippen molar-refractivity contribution in [1.29, 1.82) is 0 Å². The zero-order valence-electron chi connectivity index (χ0n) is 15.8. The number of nitrogens with zero attached hydrogens (tertiary/aromatic N) is 2. The Morgan fingerprint density at radius 3 is 2.60 bits per heavy atom. The predicted octanol–water partition coefficient (Wildman–Crippen LogP) is 2.59. The van der Waals surface area contributed by atoms with E-state index >= 15 is 0 Å². The molecule has 1 heterocycles. The number of aliphatic hydroxyl groups excluding tert-OH is 1. The molecule has 25 heavy (non-hydrogen) atoms. The summed E-state index contributed by atoms with van der Waals surface area (Å²) in [6.07, 6.45) is 10.0. The molecular formula is C19H37IN4O. The van der Waals surface area contributed by atoms with Gasteiger partial charge in [-0.3, -0.25) is 4.99 Å². The summed E-state index contributed by atoms with van der Waals surface area (Å²) in [5, 5.41) is 17.0. The van der Waals surface area contributed by atoms with Crippen LogP contribution in [-0.4, -0.2) is 60.8 Å². The lowest BCUT2D eigenvalue weighted by Crippen LogP contribution is -2.45. The standard InChI is InChI=1S/C19H36N4O.HI/c1-2-20-19(21-12-16-8-5-9-18(16)24)22-17-10-11-23(14-17)13-15-6-3-4-7-15;/h15-18,24H,2-14H2,1H3,(H2,20,21,22);1H. The molecule has 0 aromatic heterocycles. The summed E-state index contributed by atoms with van der Waals surface area (Å²) >= 11 is 0. The first-order chi connectivity index (χ1) is 11.7. The average molecular weight is 464 g/mol. The van der Waals surface area contributed by atoms with Crippen LogP contribution in [0.1, 0.15) is 58.3 Å². The highest BCUT2D eigenvalue weighted by molar-refractivity contribution is 14.0. The van der Waals surface area contributed by atoms with Crippen LogP contribution in [0.2, 0.25) is 0 Å². The van der Waals surface area contributed by atoms with Gasteiger partial charge in [0.25, 0.3) is 0 Å². The first-order valence-corrected chi connectivity index (χ1v) is 10.2. The maximum absolute atomic E-state index is 9.97. The van der Waals surface area contributed by atoms with Crippen molar-refractivity contribution in [1.82, 2.24) is 15.5 Å². The zero-order valence-corrected chi connectivity index (χ0v) is 18.1. The van der Waals surface area contributed by atoms with E-state index in [0.717, 1.165) is 50.8 Å². The number of rotatable bonds is 6. The molecule has 2 aliphatic carbocycles. The lowest BCUT2D eigenvalue weighted by Gasteiger charge is -2.21. The van der Waals surface area contributed by atoms with Gasteiger partial charge in [-0.05, 0) is 44.9 Å². The molecule has 5 nitrogen and oxygen atoms in total. The first kappa shape index (κ1) is 21.2. The van der Waals surface area contributed by atoms with Gasteiger partial charge in [0.1, 0.15) is 0 Å². The molecule has 3 rings (SSSR count). The Kier molecular flexibility index (Phi) is 9.27. The molecule has 146 valence electrons. The quantitative estimate of drug-likeness (QED) is 0.321. The van der Waals surface area contributed by atoms with Crippen LogP contribution in [0.15, 0.2) is 4.99 Å². The van der Waals surface area contributed by atoms with Gasteiger partial charge in [0.15, 0.2) is 5.96 Å². The number of hydrogen-bond donors (Lipinski definition) is 3. The summed E-state index contributed by atoms with van der Waals surface area (Å²) < 4.78 is 0. The number of likely N-dealkylation sites (tertiary alicyclic amines) is 1. The van der Waals surface area contributed by atoms with Crippen LogP contribution in [0.3, 0.4) is 0 Å². The predicted molar refractivity (Wildman–Crippen MR) is 115 cm³/mol. The maximum Gasteiger partial charge on any atom is 0.191 e. The number of aliphatic imine (C=N–C) groups is 1. The molecule has 3 fully saturated rings. The Hall–Kier alpha value is -0.0800. The van der Waals surface area contributed by atoms with Crippen molar-refractivity contribution in [3.8, 4) is 0 Å². The Morgan fingerprint density at radius 1 is 1.12 bits per heavy atom. The normalized spacial score (nSPS) is 31.3. The van der Waals surface area contributed by atoms with Gasteiger partial charge in [0, 0.05) is 44.7 Å². The summed E-state index contributed by atoms with van der Waals surface area (Å²) in [5.41, 5.74) is 0. The van der Waals surface area contributed by atoms with E-state index in [9.17, 15) is 5.11 Å². The Balaban J connectivity index is 0.00000225. The van der Waals surface area contributed by atoms with Crippen LogP contribution in [0.25, 0.3) is 0 Å². The third-order valence-corrected chi connectivity index (χ3v) is 6.05. The third kappa shape index (κ3) is 6.54. The van der Waals surface area contributed by atoms with Gasteiger partial charge in [-0.15, -0.1) is 24.0 Å². The van der Waals surface area contributed by atoms with Gasteiger partial charge in [-0.2, -0.15) is 0 Å². The minimum absolute atomic E-state index is 0. The fraction of sp³-hybridized carbons (Fsp3) is 0.947. The van der Waals surface area contributed by atoms with Crippen molar-refractivity contribution in [2.75, 3.05) is 32.7 Å². The topological polar surface area (TPSA) is 59.9 Å². The molecule has 0 radical (unpaired) electrons. The average Bonchev–Trinajstić information content (AvgIpc) is 3.30. The minimum atomic E-state index is -0.148. The van der Waals surface area contributed by atoms with Crippen LogP contribution in [-0.2, 0) is 0 Å². The number of nitrogens with one attached hydrogen (secondary N) is 2. The lowest BCUT2D eigenvalue weighted by atomic mass is 10.1. The lowest BCUT2D eigenvalue weighted by molar-refractivity contribution is 0.136. The van der Waals surface area contributed by atoms with E-state index in [-0.39, 0.29) is 30.1 Å². The van der Waals surface area contributed by atoms with E-state index in [1.165, 1.54) is 45.2 Å². The molecular weight excluding hydrogens is 427 g/mol. The molecule has 3 N–H and O–H groups in total. The van der Waals surface area contributed by atoms with E-state index in [4.69, 9.17) is 4.99 Å². The number of halogens is 1. The maximum atomic E-state index is 9.97. The van der Waals surface area contributed by atoms with Crippen molar-refractivity contribution in [2.24, 2.45) is 16.8 Å². The van der Waals surface area contributed by atoms with Crippen LogP contribution >= 0.6 is 24.0 Å². The first-order valence-electron chi connectivity index (χ1n) is 10.2. The van der Waals surface area contributed by atoms with Gasteiger partial charge in [-0.25, -0.2) is 0 Å². The minimum Gasteiger partial charge on any atom is -0.393 e. The molecule has 6 heteroatoms. The Bertz CT molecular complexity index is 414. The molecule has 0 spiro atoms. The van der Waals surface area contributed by atoms with Crippen LogP contribution in [0.5, 0.6) is 0 Å². The molecule has 2 saturated carbocycles. The third-order valence-electron chi connectivity index (χ3n) is 6.05. The smallest absolute Gasteiger partial charge is 0.191 e. The van der Waals surface area contributed by atoms with Crippen LogP contribution in [0.4, 0.5) is 0 Å². The second-order valence-corrected chi connectivity index (χ2v) is 8.02. The van der Waals surface area contributed by atoms with Gasteiger partial charge in [0.05, 0.1) is 6.10 Å². The van der Waals surface area contributed by atoms with Crippen LogP contribution < -0.4 is 10.6 Å². The highest BCUT2D eigenvalue weighted by atomic mass is 127. The van der Waals surface area contributed by atoms with Crippen molar-refractivity contribution in [3.63, 3.8) is 0 Å². The number of guanidine groups is 1. The van der Waals surface area contributed by atoms with E-state index in [0.29, 0.717) is 12.0 Å². The van der Waals surface area contributed by atoms with E-state index < -0.39 is 0 Å². The number of hydrogen-bond acceptors (Lipinski definition) is 3. The molecule has 3 unspecified atom stereocenters. The Labute approximate surface area is 170 Å². The largest absolute Gasteiger partial charge is 0.393 e. The van der Waals surface area contributed by atoms with Crippen molar-refractivity contribution in [3.05, 3.63) is 0 Å². The highest BCUT2D eigenvalue weighted by Gasteiger charge is 2.27. The van der Waals surface area contributed by atoms with Crippen molar-refractivity contribution < 1.29 is 5.11 Å². The molecule has 0 amide bonds. The monoisotopic (exact) mass is 464 g/mol. The highest BCUT2D eigenvalue weighted by Crippen LogP contribution is 2.27. The second-order valence-electron chi connectivity index (χ2n) is 8.02. The van der Waals surface area contributed by atoms with Gasteiger partial charge >= 0.3 is 0 Å². The van der Waals surface area contributed by atoms with Crippen molar-refractivity contribution in [2.45, 2.75) is 70.4 Å². The molecule has 3 atom stereocenters. The second kappa shape index (κ2) is 10.9. The molecule has 0 aromatic rings. The molecule has 1 saturated heterocycles. The summed E-state index contributed by atoms with van der Waals surface area (Å²) in [5.74, 6) is 2.22. The molecule has 1 aliphatic heterocycles. The summed E-state index contributed by atoms with van der Waals surface area (Å²) in [6.45, 7) is 7.40. The Morgan fingerprint density at radius 2 is 1.92 bits per heavy atom. The number of aliphatic hydroxyl groups is 1. The van der Waals surface area contributed by atoms with Crippen LogP contribution in [0, 0.1) is 11.8 Å². The van der Waals surface area contributed by atoms with Gasteiger partial charge in [-0.1, -0.05) is 19.3 Å². The van der Waals surface area contributed by atoms with E-state index in [1.54, 1.807) is 0 Å². The SMILES string of the molecule is CCNC(=NCC1CCCC1O)NC1CCN(CC2CCCC2)C1.I. The van der Waals surface area contributed by atoms with Crippen molar-refractivity contribution >= 4 is 29.9 Å². The summed E-state index contributed by atoms with van der Waals surface area (Å²) in [6, 6.07) is 0.512. The zero-order chi connectivity index (χ0) is 16.8. The fourth-order valence-corrected chi connectivity index (χ4v) is 4.63. The van der Waals surface area contributed by atoms with Gasteiger partial charge < -0.3 is 20.6 Å². The molecule has 0 aromatic carbocycles. The van der Waals surface area contributed by atoms with Gasteiger partial charge in [0.2, 0.25) is 0 Å². The molecule has 0 bridgehead atoms. The molecule has 3 aliphatic rings. The van der Waals surface area contributed by atoms with E-state index in [1.807, 2.05) is 0 Å². The summed E-state index contributed by atoms with van der Waals surface area (Å²) in [4.78, 5) is 7.39.